The minimum atomic E-state index is -1.99. The molecular formula is C3H5ClO3. The van der Waals surface area contributed by atoms with Crippen molar-refractivity contribution in [3.8, 4) is 0 Å². The van der Waals surface area contributed by atoms with Gasteiger partial charge < -0.3 is 9.32 Å². The summed E-state index contributed by atoms with van der Waals surface area (Å²) in [6, 6.07) is 0. The van der Waals surface area contributed by atoms with Crippen LogP contribution in [0.3, 0.4) is 0 Å². The van der Waals surface area contributed by atoms with Crippen molar-refractivity contribution in [3.05, 3.63) is 0 Å². The molecule has 0 unspecified atom stereocenters. The SMILES string of the molecule is [O-][Cl+2]([O-])OC1CC1. The van der Waals surface area contributed by atoms with Crippen molar-refractivity contribution >= 4 is 0 Å². The summed E-state index contributed by atoms with van der Waals surface area (Å²) in [7, 11) is -1.99. The predicted molar refractivity (Wildman–Crippen MR) is 14.1 cm³/mol. The molecule has 0 aromatic rings. The zero-order valence-electron chi connectivity index (χ0n) is 3.59. The molecule has 42 valence electrons. The first-order chi connectivity index (χ1) is 3.29. The summed E-state index contributed by atoms with van der Waals surface area (Å²) in [5.41, 5.74) is 0. The van der Waals surface area contributed by atoms with Gasteiger partial charge in [-0.1, -0.05) is 0 Å². The third-order valence-electron chi connectivity index (χ3n) is 0.723. The predicted octanol–water partition coefficient (Wildman–Crippen LogP) is -1.75. The Bertz CT molecular complexity index is 61.2. The molecule has 0 radical (unpaired) electrons. The highest BCUT2D eigenvalue weighted by molar-refractivity contribution is 4.70. The molecule has 1 fully saturated rings. The Morgan fingerprint density at radius 3 is 2.14 bits per heavy atom. The lowest BCUT2D eigenvalue weighted by molar-refractivity contribution is -1.63. The maximum absolute atomic E-state index is 9.59. The Hall–Kier alpha value is 0.170. The molecule has 0 saturated heterocycles. The molecular weight excluding hydrogens is 119 g/mol. The van der Waals surface area contributed by atoms with Crippen molar-refractivity contribution in [1.29, 1.82) is 0 Å². The first-order valence-electron chi connectivity index (χ1n) is 2.02. The minimum absolute atomic E-state index is 0.00412. The average molecular weight is 125 g/mol. The van der Waals surface area contributed by atoms with Gasteiger partial charge in [-0.25, -0.2) is 0 Å². The summed E-state index contributed by atoms with van der Waals surface area (Å²) in [6.07, 6.45) is 1.77. The van der Waals surface area contributed by atoms with Gasteiger partial charge in [-0.15, -0.1) is 0 Å². The Balaban J connectivity index is 1.97. The second-order valence-electron chi connectivity index (χ2n) is 1.48. The smallest absolute Gasteiger partial charge is 0.285 e. The van der Waals surface area contributed by atoms with Crippen LogP contribution in [0.25, 0.3) is 0 Å². The maximum atomic E-state index is 9.59. The fraction of sp³-hybridized carbons (Fsp3) is 1.00. The molecule has 0 heterocycles. The number of hydrogen-bond acceptors (Lipinski definition) is 3. The monoisotopic (exact) mass is 124 g/mol. The van der Waals surface area contributed by atoms with Crippen molar-refractivity contribution < 1.29 is 24.4 Å². The zero-order valence-corrected chi connectivity index (χ0v) is 4.35. The lowest BCUT2D eigenvalue weighted by atomic mass is 10.9. The second-order valence-corrected chi connectivity index (χ2v) is 2.03. The fourth-order valence-corrected chi connectivity index (χ4v) is 0.644. The molecule has 1 aliphatic rings. The van der Waals surface area contributed by atoms with Crippen molar-refractivity contribution in [3.63, 3.8) is 0 Å². The Kier molecular flexibility index (Phi) is 1.49. The van der Waals surface area contributed by atoms with E-state index in [1.807, 2.05) is 0 Å². The number of hydrogen-bond donors (Lipinski definition) is 0. The van der Waals surface area contributed by atoms with Gasteiger partial charge in [0.2, 0.25) is 0 Å². The van der Waals surface area contributed by atoms with Crippen LogP contribution in [0.15, 0.2) is 0 Å². The summed E-state index contributed by atoms with van der Waals surface area (Å²) < 4.78 is 23.4. The number of halogens is 1. The quantitative estimate of drug-likeness (QED) is 0.439. The highest BCUT2D eigenvalue weighted by atomic mass is 35.6. The molecule has 0 aromatic heterocycles. The van der Waals surface area contributed by atoms with E-state index in [-0.39, 0.29) is 6.10 Å². The van der Waals surface area contributed by atoms with Gasteiger partial charge in [-0.3, -0.25) is 0 Å². The van der Waals surface area contributed by atoms with E-state index in [0.29, 0.717) is 0 Å². The van der Waals surface area contributed by atoms with Crippen molar-refractivity contribution in [2.45, 2.75) is 18.9 Å². The minimum Gasteiger partial charge on any atom is -0.320 e. The first kappa shape index (κ1) is 5.31. The molecule has 0 N–H and O–H groups in total. The molecule has 0 bridgehead atoms. The first-order valence-corrected chi connectivity index (χ1v) is 2.94. The highest BCUT2D eigenvalue weighted by Gasteiger charge is 2.33. The van der Waals surface area contributed by atoms with E-state index in [1.54, 1.807) is 0 Å². The standard InChI is InChI=1S/C3H5ClO3/c5-4(6)7-3-1-2-3/h3H,1-2H2. The summed E-state index contributed by atoms with van der Waals surface area (Å²) in [5.74, 6) is 0. The van der Waals surface area contributed by atoms with Crippen molar-refractivity contribution in [1.82, 2.24) is 0 Å². The van der Waals surface area contributed by atoms with Crippen LogP contribution in [0.5, 0.6) is 0 Å². The molecule has 0 spiro atoms. The summed E-state index contributed by atoms with van der Waals surface area (Å²) in [6.45, 7) is 0. The molecule has 0 aromatic carbocycles. The van der Waals surface area contributed by atoms with Crippen LogP contribution in [0.1, 0.15) is 12.8 Å². The van der Waals surface area contributed by atoms with Gasteiger partial charge in [0.05, 0.1) is 0 Å². The topological polar surface area (TPSA) is 55.3 Å². The van der Waals surface area contributed by atoms with Crippen molar-refractivity contribution in [2.75, 3.05) is 0 Å². The molecule has 4 heteroatoms. The third kappa shape index (κ3) is 2.09. The van der Waals surface area contributed by atoms with E-state index < -0.39 is 10.8 Å². The Morgan fingerprint density at radius 2 is 2.00 bits per heavy atom. The highest BCUT2D eigenvalue weighted by Crippen LogP contribution is 2.23. The van der Waals surface area contributed by atoms with Gasteiger partial charge in [0, 0.05) is 4.29 Å². The maximum Gasteiger partial charge on any atom is 0.285 e. The van der Waals surface area contributed by atoms with Crippen LogP contribution in [-0.4, -0.2) is 6.10 Å². The van der Waals surface area contributed by atoms with E-state index in [1.165, 1.54) is 0 Å². The fourth-order valence-electron chi connectivity index (χ4n) is 0.260. The normalized spacial score (nSPS) is 21.0. The lowest BCUT2D eigenvalue weighted by Gasteiger charge is -1.87. The summed E-state index contributed by atoms with van der Waals surface area (Å²) in [4.78, 5) is 0. The van der Waals surface area contributed by atoms with Gasteiger partial charge in [-0.2, -0.15) is 0 Å². The molecule has 7 heavy (non-hydrogen) atoms. The molecule has 0 aliphatic heterocycles. The molecule has 1 saturated carbocycles. The van der Waals surface area contributed by atoms with Crippen LogP contribution < -0.4 is 9.32 Å². The lowest BCUT2D eigenvalue weighted by Crippen LogP contribution is -2.34. The van der Waals surface area contributed by atoms with Crippen LogP contribution in [-0.2, 0) is 4.29 Å². The Labute approximate surface area is 44.3 Å². The molecule has 3 nitrogen and oxygen atoms in total. The molecule has 1 aliphatic carbocycles. The van der Waals surface area contributed by atoms with Gasteiger partial charge in [-0.05, 0) is 12.8 Å². The van der Waals surface area contributed by atoms with Crippen molar-refractivity contribution in [2.24, 2.45) is 0 Å². The molecule has 0 amide bonds. The molecule has 0 atom stereocenters. The van der Waals surface area contributed by atoms with Gasteiger partial charge in [0.1, 0.15) is 0 Å². The van der Waals surface area contributed by atoms with E-state index in [9.17, 15) is 9.32 Å². The summed E-state index contributed by atoms with van der Waals surface area (Å²) in [5, 5.41) is 0. The van der Waals surface area contributed by atoms with Crippen LogP contribution in [0.2, 0.25) is 0 Å². The molecule has 1 rings (SSSR count). The van der Waals surface area contributed by atoms with Crippen LogP contribution in [0.4, 0.5) is 0 Å². The Morgan fingerprint density at radius 1 is 1.43 bits per heavy atom. The van der Waals surface area contributed by atoms with Crippen LogP contribution >= 0.6 is 0 Å². The van der Waals surface area contributed by atoms with Gasteiger partial charge in [0.25, 0.3) is 10.8 Å². The average Bonchev–Trinajstić information content (AvgIpc) is 2.17. The van der Waals surface area contributed by atoms with Gasteiger partial charge in [0.15, 0.2) is 6.10 Å². The summed E-state index contributed by atoms with van der Waals surface area (Å²) >= 11 is 0. The largest absolute Gasteiger partial charge is 0.320 e. The number of rotatable bonds is 2. The van der Waals surface area contributed by atoms with Crippen LogP contribution in [0, 0.1) is 10.8 Å². The van der Waals surface area contributed by atoms with E-state index in [0.717, 1.165) is 12.8 Å². The zero-order chi connectivity index (χ0) is 5.28. The van der Waals surface area contributed by atoms with E-state index >= 15 is 0 Å². The van der Waals surface area contributed by atoms with E-state index in [2.05, 4.69) is 4.29 Å². The van der Waals surface area contributed by atoms with Gasteiger partial charge >= 0.3 is 0 Å². The second kappa shape index (κ2) is 1.96. The van der Waals surface area contributed by atoms with E-state index in [4.69, 9.17) is 0 Å². The third-order valence-corrected chi connectivity index (χ3v) is 1.12.